The van der Waals surface area contributed by atoms with Crippen molar-refractivity contribution in [1.29, 1.82) is 0 Å². The average Bonchev–Trinajstić information content (AvgIpc) is 2.69. The number of ether oxygens (including phenoxy) is 1. The molecule has 158 valence electrons. The Kier molecular flexibility index (Phi) is 9.11. The summed E-state index contributed by atoms with van der Waals surface area (Å²) in [5.74, 6) is -0.692. The van der Waals surface area contributed by atoms with Crippen LogP contribution in [0.2, 0.25) is 0 Å². The molecule has 0 unspecified atom stereocenters. The number of oxime groups is 2. The Bertz CT molecular complexity index is 840. The van der Waals surface area contributed by atoms with Gasteiger partial charge in [0, 0.05) is 16.7 Å². The highest BCUT2D eigenvalue weighted by atomic mass is 19.4. The molecule has 1 aromatic carbocycles. The van der Waals surface area contributed by atoms with Crippen molar-refractivity contribution in [3.63, 3.8) is 0 Å². The number of nitrogens with zero attached hydrogens (tertiary/aromatic N) is 2. The molecule has 0 saturated heterocycles. The lowest BCUT2D eigenvalue weighted by Gasteiger charge is -2.10. The number of alkyl halides is 3. The van der Waals surface area contributed by atoms with Crippen LogP contribution < -0.4 is 0 Å². The van der Waals surface area contributed by atoms with E-state index in [1.54, 1.807) is 31.2 Å². The molecule has 0 atom stereocenters. The number of esters is 1. The van der Waals surface area contributed by atoms with Crippen molar-refractivity contribution >= 4 is 17.4 Å². The number of carbonyl (C=O) groups excluding carboxylic acids is 1. The number of carbonyl (C=O) groups is 1. The number of hydrogen-bond donors (Lipinski definition) is 0. The van der Waals surface area contributed by atoms with Gasteiger partial charge in [-0.25, -0.2) is 4.79 Å². The lowest BCUT2D eigenvalue weighted by molar-refractivity contribution is -0.132. The summed E-state index contributed by atoms with van der Waals surface area (Å²) in [6.45, 7) is 4.07. The number of halogens is 3. The summed E-state index contributed by atoms with van der Waals surface area (Å²) in [5, 5.41) is 7.58. The van der Waals surface area contributed by atoms with Crippen molar-refractivity contribution in [2.24, 2.45) is 10.3 Å². The Labute approximate surface area is 167 Å². The highest BCUT2D eigenvalue weighted by molar-refractivity contribution is 6.43. The minimum absolute atomic E-state index is 0.0484. The van der Waals surface area contributed by atoms with Crippen molar-refractivity contribution in [1.82, 2.24) is 0 Å². The van der Waals surface area contributed by atoms with E-state index in [0.29, 0.717) is 11.1 Å². The Morgan fingerprint density at radius 2 is 1.79 bits per heavy atom. The van der Waals surface area contributed by atoms with Gasteiger partial charge >= 0.3 is 12.1 Å². The topological polar surface area (TPSA) is 69.5 Å². The molecule has 0 aliphatic heterocycles. The molecule has 0 aliphatic carbocycles. The molecule has 0 radical (unpaired) electrons. The van der Waals surface area contributed by atoms with Gasteiger partial charge < -0.3 is 14.4 Å². The molecule has 9 heteroatoms. The number of allylic oxidation sites excluding steroid dienone is 4. The van der Waals surface area contributed by atoms with Crippen LogP contribution in [0.25, 0.3) is 0 Å². The van der Waals surface area contributed by atoms with E-state index >= 15 is 0 Å². The molecule has 0 aromatic heterocycles. The maximum absolute atomic E-state index is 12.7. The molecule has 0 heterocycles. The first-order valence-electron chi connectivity index (χ1n) is 8.52. The van der Waals surface area contributed by atoms with Gasteiger partial charge in [0.05, 0.1) is 12.8 Å². The number of benzene rings is 1. The predicted octanol–water partition coefficient (Wildman–Crippen LogP) is 4.56. The minimum atomic E-state index is -4.42. The molecule has 0 saturated carbocycles. The molecule has 0 spiro atoms. The molecule has 6 nitrogen and oxygen atoms in total. The van der Waals surface area contributed by atoms with E-state index in [1.165, 1.54) is 27.2 Å². The normalized spacial score (nSPS) is 13.9. The third-order valence-corrected chi connectivity index (χ3v) is 3.80. The van der Waals surface area contributed by atoms with Crippen LogP contribution >= 0.6 is 0 Å². The molecular formula is C20H23F3N2O4. The third-order valence-electron chi connectivity index (χ3n) is 3.80. The molecule has 1 aromatic rings. The Hall–Kier alpha value is -3.10. The van der Waals surface area contributed by atoms with E-state index < -0.39 is 17.7 Å². The fourth-order valence-corrected chi connectivity index (χ4v) is 2.22. The summed E-state index contributed by atoms with van der Waals surface area (Å²) < 4.78 is 42.9. The zero-order valence-electron chi connectivity index (χ0n) is 16.8. The van der Waals surface area contributed by atoms with Crippen LogP contribution in [0.1, 0.15) is 31.9 Å². The van der Waals surface area contributed by atoms with E-state index in [2.05, 4.69) is 10.3 Å². The van der Waals surface area contributed by atoms with Crippen LogP contribution in [-0.2, 0) is 25.8 Å². The number of hydrogen-bond acceptors (Lipinski definition) is 6. The molecule has 0 N–H and O–H groups in total. The van der Waals surface area contributed by atoms with E-state index in [1.807, 2.05) is 0 Å². The van der Waals surface area contributed by atoms with Crippen molar-refractivity contribution in [3.8, 4) is 0 Å². The van der Waals surface area contributed by atoms with Crippen LogP contribution in [0.5, 0.6) is 0 Å². The van der Waals surface area contributed by atoms with Crippen LogP contribution in [0.4, 0.5) is 13.2 Å². The van der Waals surface area contributed by atoms with Gasteiger partial charge in [-0.3, -0.25) is 0 Å². The molecule has 0 aliphatic rings. The molecule has 0 fully saturated rings. The van der Waals surface area contributed by atoms with E-state index in [9.17, 15) is 18.0 Å². The molecule has 0 amide bonds. The van der Waals surface area contributed by atoms with Crippen LogP contribution in [0, 0.1) is 0 Å². The number of methoxy groups -OCH3 is 1. The zero-order valence-corrected chi connectivity index (χ0v) is 16.8. The van der Waals surface area contributed by atoms with Gasteiger partial charge in [-0.15, -0.1) is 0 Å². The van der Waals surface area contributed by atoms with Crippen LogP contribution in [0.15, 0.2) is 57.9 Å². The standard InChI is InChI=1S/C20H23F3N2O4/c1-6-15(11-13(2)20(21,22)23)14(3)24-29-12-16-9-7-8-10-17(16)18(25-28-5)19(26)27-4/h6-11H,12H2,1-5H3. The molecular weight excluding hydrogens is 389 g/mol. The maximum atomic E-state index is 12.7. The Morgan fingerprint density at radius 3 is 2.34 bits per heavy atom. The lowest BCUT2D eigenvalue weighted by atomic mass is 10.0. The highest BCUT2D eigenvalue weighted by Crippen LogP contribution is 2.26. The lowest BCUT2D eigenvalue weighted by Crippen LogP contribution is -2.19. The fourth-order valence-electron chi connectivity index (χ4n) is 2.22. The molecule has 1 rings (SSSR count). The van der Waals surface area contributed by atoms with Crippen LogP contribution in [-0.4, -0.2) is 37.8 Å². The van der Waals surface area contributed by atoms with Gasteiger partial charge in [0.15, 0.2) is 5.71 Å². The first-order chi connectivity index (χ1) is 13.6. The van der Waals surface area contributed by atoms with Crippen molar-refractivity contribution in [2.45, 2.75) is 33.6 Å². The van der Waals surface area contributed by atoms with E-state index in [4.69, 9.17) is 14.4 Å². The summed E-state index contributed by atoms with van der Waals surface area (Å²) in [7, 11) is 2.51. The first kappa shape index (κ1) is 23.9. The van der Waals surface area contributed by atoms with Gasteiger partial charge in [-0.2, -0.15) is 13.2 Å². The smallest absolute Gasteiger partial charge is 0.412 e. The van der Waals surface area contributed by atoms with Crippen molar-refractivity contribution in [3.05, 3.63) is 58.7 Å². The zero-order chi connectivity index (χ0) is 22.0. The Morgan fingerprint density at radius 1 is 1.14 bits per heavy atom. The second-order valence-corrected chi connectivity index (χ2v) is 5.79. The minimum Gasteiger partial charge on any atom is -0.464 e. The maximum Gasteiger partial charge on any atom is 0.412 e. The summed E-state index contributed by atoms with van der Waals surface area (Å²) in [6, 6.07) is 6.76. The van der Waals surface area contributed by atoms with Gasteiger partial charge in [0.2, 0.25) is 0 Å². The van der Waals surface area contributed by atoms with Gasteiger partial charge in [-0.1, -0.05) is 40.7 Å². The van der Waals surface area contributed by atoms with E-state index in [-0.39, 0.29) is 23.6 Å². The Balaban J connectivity index is 3.05. The van der Waals surface area contributed by atoms with Crippen LogP contribution in [0.3, 0.4) is 0 Å². The summed E-state index contributed by atoms with van der Waals surface area (Å²) in [5.41, 5.74) is 0.746. The van der Waals surface area contributed by atoms with Crippen molar-refractivity contribution < 1.29 is 32.4 Å². The first-order valence-corrected chi connectivity index (χ1v) is 8.52. The summed E-state index contributed by atoms with van der Waals surface area (Å²) in [6.07, 6.45) is -1.91. The molecule has 29 heavy (non-hydrogen) atoms. The predicted molar refractivity (Wildman–Crippen MR) is 103 cm³/mol. The second-order valence-electron chi connectivity index (χ2n) is 5.79. The number of rotatable bonds is 8. The monoisotopic (exact) mass is 412 g/mol. The SMILES string of the molecule is CC=C(C=C(C)C(F)(F)F)C(C)=NOCc1ccccc1C(=NOC)C(=O)OC. The third kappa shape index (κ3) is 7.10. The second kappa shape index (κ2) is 11.0. The molecule has 0 bridgehead atoms. The van der Waals surface area contributed by atoms with E-state index in [0.717, 1.165) is 13.0 Å². The highest BCUT2D eigenvalue weighted by Gasteiger charge is 2.30. The van der Waals surface area contributed by atoms with Gasteiger partial charge in [0.1, 0.15) is 13.7 Å². The van der Waals surface area contributed by atoms with Gasteiger partial charge in [0.25, 0.3) is 0 Å². The largest absolute Gasteiger partial charge is 0.464 e. The summed E-state index contributed by atoms with van der Waals surface area (Å²) >= 11 is 0. The average molecular weight is 412 g/mol. The quantitative estimate of drug-likeness (QED) is 0.272. The van der Waals surface area contributed by atoms with Crippen molar-refractivity contribution in [2.75, 3.05) is 14.2 Å². The summed E-state index contributed by atoms with van der Waals surface area (Å²) in [4.78, 5) is 21.9. The van der Waals surface area contributed by atoms with Gasteiger partial charge in [-0.05, 0) is 32.4 Å². The fraction of sp³-hybridized carbons (Fsp3) is 0.350.